The maximum Gasteiger partial charge on any atom is 0.261 e. The molecule has 23 heavy (non-hydrogen) atoms. The molecular formula is C17H27N5O. The van der Waals surface area contributed by atoms with Gasteiger partial charge in [0.2, 0.25) is 0 Å². The van der Waals surface area contributed by atoms with Crippen molar-refractivity contribution in [2.45, 2.75) is 44.6 Å². The average molecular weight is 317 g/mol. The SMILES string of the molecule is CN=Cc1c(NC2CCN(C)C2)nc(CC2CCCC2)[nH]c1=O. The highest BCUT2D eigenvalue weighted by Gasteiger charge is 2.22. The number of aliphatic imine (C=N–C) groups is 1. The fourth-order valence-corrected chi connectivity index (χ4v) is 3.72. The van der Waals surface area contributed by atoms with Crippen molar-refractivity contribution in [1.29, 1.82) is 0 Å². The number of likely N-dealkylation sites (N-methyl/N-ethyl adjacent to an activating group) is 1. The van der Waals surface area contributed by atoms with E-state index in [4.69, 9.17) is 4.98 Å². The third kappa shape index (κ3) is 3.99. The molecule has 1 saturated carbocycles. The molecule has 2 fully saturated rings. The summed E-state index contributed by atoms with van der Waals surface area (Å²) in [7, 11) is 3.80. The molecule has 0 aromatic carbocycles. The maximum atomic E-state index is 12.4. The maximum absolute atomic E-state index is 12.4. The zero-order valence-corrected chi connectivity index (χ0v) is 14.1. The minimum absolute atomic E-state index is 0.0903. The summed E-state index contributed by atoms with van der Waals surface area (Å²) in [5, 5.41) is 3.47. The molecule has 6 nitrogen and oxygen atoms in total. The summed E-state index contributed by atoms with van der Waals surface area (Å²) in [4.78, 5) is 26.4. The molecule has 126 valence electrons. The summed E-state index contributed by atoms with van der Waals surface area (Å²) in [5.74, 6) is 2.16. The smallest absolute Gasteiger partial charge is 0.261 e. The lowest BCUT2D eigenvalue weighted by Gasteiger charge is -2.16. The monoisotopic (exact) mass is 317 g/mol. The Kier molecular flexibility index (Phi) is 5.10. The lowest BCUT2D eigenvalue weighted by atomic mass is 10.0. The summed E-state index contributed by atoms with van der Waals surface area (Å²) in [6.07, 6.45) is 8.65. The van der Waals surface area contributed by atoms with E-state index >= 15 is 0 Å². The van der Waals surface area contributed by atoms with E-state index in [2.05, 4.69) is 27.2 Å². The van der Waals surface area contributed by atoms with Crippen LogP contribution in [0.25, 0.3) is 0 Å². The third-order valence-electron chi connectivity index (χ3n) is 4.95. The number of aromatic amines is 1. The van der Waals surface area contributed by atoms with E-state index in [1.54, 1.807) is 13.3 Å². The van der Waals surface area contributed by atoms with Gasteiger partial charge < -0.3 is 15.2 Å². The Morgan fingerprint density at radius 2 is 2.17 bits per heavy atom. The van der Waals surface area contributed by atoms with Gasteiger partial charge in [-0.1, -0.05) is 25.7 Å². The number of likely N-dealkylation sites (tertiary alicyclic amines) is 1. The van der Waals surface area contributed by atoms with Gasteiger partial charge in [-0.2, -0.15) is 0 Å². The second-order valence-corrected chi connectivity index (χ2v) is 6.91. The van der Waals surface area contributed by atoms with Crippen molar-refractivity contribution in [2.75, 3.05) is 32.5 Å². The minimum Gasteiger partial charge on any atom is -0.365 e. The topological polar surface area (TPSA) is 73.4 Å². The predicted octanol–water partition coefficient (Wildman–Crippen LogP) is 1.67. The Morgan fingerprint density at radius 1 is 1.39 bits per heavy atom. The predicted molar refractivity (Wildman–Crippen MR) is 93.6 cm³/mol. The van der Waals surface area contributed by atoms with Crippen molar-refractivity contribution in [2.24, 2.45) is 10.9 Å². The molecule has 2 heterocycles. The van der Waals surface area contributed by atoms with Crippen molar-refractivity contribution in [3.63, 3.8) is 0 Å². The van der Waals surface area contributed by atoms with Crippen LogP contribution in [0.5, 0.6) is 0 Å². The summed E-state index contributed by atoms with van der Waals surface area (Å²) >= 11 is 0. The van der Waals surface area contributed by atoms with Crippen LogP contribution in [0.1, 0.15) is 43.5 Å². The first-order valence-electron chi connectivity index (χ1n) is 8.66. The van der Waals surface area contributed by atoms with Crippen LogP contribution in [0, 0.1) is 5.92 Å². The molecule has 0 spiro atoms. The van der Waals surface area contributed by atoms with Crippen molar-refractivity contribution in [3.8, 4) is 0 Å². The second kappa shape index (κ2) is 7.25. The van der Waals surface area contributed by atoms with E-state index in [1.807, 2.05) is 0 Å². The van der Waals surface area contributed by atoms with Crippen LogP contribution >= 0.6 is 0 Å². The van der Waals surface area contributed by atoms with Crippen molar-refractivity contribution < 1.29 is 0 Å². The summed E-state index contributed by atoms with van der Waals surface area (Å²) in [6, 6.07) is 0.345. The Hall–Kier alpha value is -1.69. The van der Waals surface area contributed by atoms with E-state index < -0.39 is 0 Å². The molecule has 6 heteroatoms. The zero-order chi connectivity index (χ0) is 16.2. The van der Waals surface area contributed by atoms with E-state index in [0.717, 1.165) is 31.8 Å². The molecule has 1 aromatic rings. The third-order valence-corrected chi connectivity index (χ3v) is 4.95. The largest absolute Gasteiger partial charge is 0.365 e. The standard InChI is InChI=1S/C17H27N5O/c1-18-10-14-16(19-13-7-8-22(2)11-13)20-15(21-17(14)23)9-12-5-3-4-6-12/h10,12-13H,3-9,11H2,1-2H3,(H2,19,20,21,23). The van der Waals surface area contributed by atoms with Crippen molar-refractivity contribution in [1.82, 2.24) is 14.9 Å². The molecule has 1 atom stereocenters. The minimum atomic E-state index is -0.0903. The summed E-state index contributed by atoms with van der Waals surface area (Å²) in [6.45, 7) is 2.06. The number of aromatic nitrogens is 2. The molecule has 3 rings (SSSR count). The molecule has 0 amide bonds. The lowest BCUT2D eigenvalue weighted by Crippen LogP contribution is -2.28. The highest BCUT2D eigenvalue weighted by Crippen LogP contribution is 2.27. The number of hydrogen-bond donors (Lipinski definition) is 2. The summed E-state index contributed by atoms with van der Waals surface area (Å²) in [5.41, 5.74) is 0.449. The fourth-order valence-electron chi connectivity index (χ4n) is 3.72. The highest BCUT2D eigenvalue weighted by molar-refractivity contribution is 5.85. The van der Waals surface area contributed by atoms with Gasteiger partial charge in [-0.25, -0.2) is 4.98 Å². The number of anilines is 1. The van der Waals surface area contributed by atoms with Crippen LogP contribution in [0.3, 0.4) is 0 Å². The van der Waals surface area contributed by atoms with Gasteiger partial charge in [0.1, 0.15) is 11.6 Å². The van der Waals surface area contributed by atoms with E-state index in [-0.39, 0.29) is 5.56 Å². The Morgan fingerprint density at radius 3 is 2.83 bits per heavy atom. The lowest BCUT2D eigenvalue weighted by molar-refractivity contribution is 0.414. The first-order chi connectivity index (χ1) is 11.2. The normalized spacial score (nSPS) is 23.1. The molecule has 1 aliphatic heterocycles. The van der Waals surface area contributed by atoms with E-state index in [1.165, 1.54) is 25.7 Å². The molecule has 0 bridgehead atoms. The number of H-pyrrole nitrogens is 1. The Bertz CT molecular complexity index is 618. The van der Waals surface area contributed by atoms with Gasteiger partial charge >= 0.3 is 0 Å². The molecular weight excluding hydrogens is 290 g/mol. The van der Waals surface area contributed by atoms with Gasteiger partial charge in [0, 0.05) is 32.3 Å². The average Bonchev–Trinajstić information content (AvgIpc) is 3.15. The van der Waals surface area contributed by atoms with Crippen LogP contribution in [0.2, 0.25) is 0 Å². The van der Waals surface area contributed by atoms with Crippen LogP contribution in [-0.2, 0) is 6.42 Å². The van der Waals surface area contributed by atoms with Gasteiger partial charge in [-0.15, -0.1) is 0 Å². The van der Waals surface area contributed by atoms with Gasteiger partial charge in [0.25, 0.3) is 5.56 Å². The number of hydrogen-bond acceptors (Lipinski definition) is 5. The molecule has 2 aliphatic rings. The summed E-state index contributed by atoms with van der Waals surface area (Å²) < 4.78 is 0. The van der Waals surface area contributed by atoms with Crippen LogP contribution in [0.4, 0.5) is 5.82 Å². The number of nitrogens with zero attached hydrogens (tertiary/aromatic N) is 3. The van der Waals surface area contributed by atoms with Gasteiger partial charge in [0.15, 0.2) is 0 Å². The number of nitrogens with one attached hydrogen (secondary N) is 2. The van der Waals surface area contributed by atoms with Crippen molar-refractivity contribution in [3.05, 3.63) is 21.7 Å². The van der Waals surface area contributed by atoms with E-state index in [9.17, 15) is 4.79 Å². The highest BCUT2D eigenvalue weighted by atomic mass is 16.1. The molecule has 1 saturated heterocycles. The van der Waals surface area contributed by atoms with Crippen LogP contribution in [-0.4, -0.2) is 54.3 Å². The van der Waals surface area contributed by atoms with Crippen LogP contribution in [0.15, 0.2) is 9.79 Å². The van der Waals surface area contributed by atoms with Crippen molar-refractivity contribution >= 4 is 12.0 Å². The first-order valence-corrected chi connectivity index (χ1v) is 8.66. The zero-order valence-electron chi connectivity index (χ0n) is 14.1. The van der Waals surface area contributed by atoms with Gasteiger partial charge in [-0.05, 0) is 25.9 Å². The quantitative estimate of drug-likeness (QED) is 0.810. The molecule has 1 unspecified atom stereocenters. The van der Waals surface area contributed by atoms with Crippen LogP contribution < -0.4 is 10.9 Å². The van der Waals surface area contributed by atoms with E-state index in [0.29, 0.717) is 23.3 Å². The molecule has 0 radical (unpaired) electrons. The van der Waals surface area contributed by atoms with Gasteiger partial charge in [-0.3, -0.25) is 9.79 Å². The molecule has 1 aliphatic carbocycles. The Balaban J connectivity index is 1.83. The van der Waals surface area contributed by atoms with Gasteiger partial charge in [0.05, 0.1) is 5.56 Å². The Labute approximate surface area is 137 Å². The second-order valence-electron chi connectivity index (χ2n) is 6.91. The number of rotatable bonds is 5. The fraction of sp³-hybridized carbons (Fsp3) is 0.706. The first kappa shape index (κ1) is 16.2. The molecule has 1 aromatic heterocycles. The molecule has 2 N–H and O–H groups in total.